The Morgan fingerprint density at radius 2 is 1.82 bits per heavy atom. The summed E-state index contributed by atoms with van der Waals surface area (Å²) in [6.45, 7) is 5.56. The maximum atomic E-state index is 12.5. The Morgan fingerprint density at radius 1 is 1.07 bits per heavy atom. The highest BCUT2D eigenvalue weighted by Gasteiger charge is 2.39. The van der Waals surface area contributed by atoms with Crippen LogP contribution in [0.25, 0.3) is 0 Å². The number of amides is 2. The van der Waals surface area contributed by atoms with Crippen molar-refractivity contribution in [3.63, 3.8) is 0 Å². The van der Waals surface area contributed by atoms with Gasteiger partial charge in [-0.1, -0.05) is 25.1 Å². The molecule has 4 rings (SSSR count). The zero-order valence-corrected chi connectivity index (χ0v) is 17.0. The van der Waals surface area contributed by atoms with Crippen molar-refractivity contribution in [1.29, 1.82) is 0 Å². The predicted molar refractivity (Wildman–Crippen MR) is 111 cm³/mol. The van der Waals surface area contributed by atoms with E-state index in [1.165, 1.54) is 11.3 Å². The van der Waals surface area contributed by atoms with Crippen LogP contribution in [-0.2, 0) is 16.0 Å². The molecule has 1 aromatic rings. The fourth-order valence-electron chi connectivity index (χ4n) is 4.79. The first kappa shape index (κ1) is 19.3. The lowest BCUT2D eigenvalue weighted by Crippen LogP contribution is -2.39. The molecule has 0 aromatic heterocycles. The smallest absolute Gasteiger partial charge is 0.223 e. The van der Waals surface area contributed by atoms with Crippen molar-refractivity contribution in [2.45, 2.75) is 45.4 Å². The highest BCUT2D eigenvalue weighted by atomic mass is 16.2. The summed E-state index contributed by atoms with van der Waals surface area (Å²) in [6, 6.07) is 8.55. The highest BCUT2D eigenvalue weighted by molar-refractivity contribution is 5.81. The Bertz CT molecular complexity index is 712. The molecule has 2 atom stereocenters. The standard InChI is InChI=1S/C23H33N3O2/c1-16-14-20(16)23(28)25-15-17-6-8-19(9-7-17)22(27)24-11-13-26-12-10-18-4-2-3-5-21(18)26/h2-5,16-17,19-20H,6-15H2,1H3,(H,24,27)(H,25,28). The van der Waals surface area contributed by atoms with Crippen LogP contribution in [0.15, 0.2) is 24.3 Å². The molecule has 2 N–H and O–H groups in total. The lowest BCUT2D eigenvalue weighted by molar-refractivity contribution is -0.126. The molecule has 0 spiro atoms. The van der Waals surface area contributed by atoms with E-state index in [-0.39, 0.29) is 23.7 Å². The lowest BCUT2D eigenvalue weighted by Gasteiger charge is -2.28. The van der Waals surface area contributed by atoms with Crippen molar-refractivity contribution in [2.24, 2.45) is 23.7 Å². The first-order valence-electron chi connectivity index (χ1n) is 11.0. The van der Waals surface area contributed by atoms with Crippen LogP contribution in [0.2, 0.25) is 0 Å². The SMILES string of the molecule is CC1CC1C(=O)NCC1CCC(C(=O)NCCN2CCc3ccccc32)CC1. The molecule has 2 amide bonds. The van der Waals surface area contributed by atoms with Crippen molar-refractivity contribution < 1.29 is 9.59 Å². The molecule has 2 fully saturated rings. The molecule has 2 aliphatic carbocycles. The Labute approximate surface area is 168 Å². The summed E-state index contributed by atoms with van der Waals surface area (Å²) in [5.41, 5.74) is 2.73. The zero-order chi connectivity index (χ0) is 19.5. The van der Waals surface area contributed by atoms with Gasteiger partial charge in [0.2, 0.25) is 11.8 Å². The average molecular weight is 384 g/mol. The predicted octanol–water partition coefficient (Wildman–Crippen LogP) is 2.74. The topological polar surface area (TPSA) is 61.4 Å². The Kier molecular flexibility index (Phi) is 5.88. The molecule has 5 nitrogen and oxygen atoms in total. The van der Waals surface area contributed by atoms with Gasteiger partial charge >= 0.3 is 0 Å². The van der Waals surface area contributed by atoms with E-state index in [2.05, 4.69) is 46.7 Å². The van der Waals surface area contributed by atoms with Gasteiger partial charge in [0.15, 0.2) is 0 Å². The third-order valence-electron chi connectivity index (χ3n) is 6.89. The second-order valence-corrected chi connectivity index (χ2v) is 8.94. The molecule has 1 aliphatic heterocycles. The largest absolute Gasteiger partial charge is 0.369 e. The van der Waals surface area contributed by atoms with Crippen LogP contribution in [0.3, 0.4) is 0 Å². The van der Waals surface area contributed by atoms with Gasteiger partial charge in [0.25, 0.3) is 0 Å². The van der Waals surface area contributed by atoms with E-state index in [4.69, 9.17) is 0 Å². The second kappa shape index (κ2) is 8.54. The van der Waals surface area contributed by atoms with E-state index < -0.39 is 0 Å². The third kappa shape index (κ3) is 4.50. The fraction of sp³-hybridized carbons (Fsp3) is 0.652. The maximum absolute atomic E-state index is 12.5. The number of hydrogen-bond donors (Lipinski definition) is 2. The number of fused-ring (bicyclic) bond motifs is 1. The van der Waals surface area contributed by atoms with E-state index in [0.717, 1.165) is 58.2 Å². The molecule has 1 heterocycles. The first-order chi connectivity index (χ1) is 13.6. The van der Waals surface area contributed by atoms with E-state index >= 15 is 0 Å². The van der Waals surface area contributed by atoms with Crippen LogP contribution >= 0.6 is 0 Å². The molecule has 3 aliphatic rings. The zero-order valence-electron chi connectivity index (χ0n) is 17.0. The second-order valence-electron chi connectivity index (χ2n) is 8.94. The fourth-order valence-corrected chi connectivity index (χ4v) is 4.79. The van der Waals surface area contributed by atoms with Crippen molar-refractivity contribution in [2.75, 3.05) is 31.1 Å². The summed E-state index contributed by atoms with van der Waals surface area (Å²) in [7, 11) is 0. The van der Waals surface area contributed by atoms with E-state index in [9.17, 15) is 9.59 Å². The number of anilines is 1. The van der Waals surface area contributed by atoms with Gasteiger partial charge in [-0.3, -0.25) is 9.59 Å². The molecule has 2 unspecified atom stereocenters. The van der Waals surface area contributed by atoms with Crippen molar-refractivity contribution >= 4 is 17.5 Å². The van der Waals surface area contributed by atoms with Crippen LogP contribution in [0, 0.1) is 23.7 Å². The molecular formula is C23H33N3O2. The number of nitrogens with one attached hydrogen (secondary N) is 2. The Hall–Kier alpha value is -2.04. The summed E-state index contributed by atoms with van der Waals surface area (Å²) < 4.78 is 0. The summed E-state index contributed by atoms with van der Waals surface area (Å²) >= 11 is 0. The third-order valence-corrected chi connectivity index (χ3v) is 6.89. The number of nitrogens with zero attached hydrogens (tertiary/aromatic N) is 1. The van der Waals surface area contributed by atoms with E-state index in [1.807, 2.05) is 0 Å². The molecular weight excluding hydrogens is 350 g/mol. The summed E-state index contributed by atoms with van der Waals surface area (Å²) in [6.07, 6.45) is 6.11. The summed E-state index contributed by atoms with van der Waals surface area (Å²) in [5.74, 6) is 1.93. The van der Waals surface area contributed by atoms with E-state index in [1.54, 1.807) is 0 Å². The van der Waals surface area contributed by atoms with Gasteiger partial charge in [-0.05, 0) is 62.0 Å². The van der Waals surface area contributed by atoms with Gasteiger partial charge in [-0.2, -0.15) is 0 Å². The van der Waals surface area contributed by atoms with Gasteiger partial charge in [0, 0.05) is 43.7 Å². The maximum Gasteiger partial charge on any atom is 0.223 e. The first-order valence-corrected chi connectivity index (χ1v) is 11.0. The van der Waals surface area contributed by atoms with Crippen molar-refractivity contribution in [3.8, 4) is 0 Å². The van der Waals surface area contributed by atoms with Crippen molar-refractivity contribution in [1.82, 2.24) is 10.6 Å². The summed E-state index contributed by atoms with van der Waals surface area (Å²) in [4.78, 5) is 26.9. The minimum Gasteiger partial charge on any atom is -0.369 e. The van der Waals surface area contributed by atoms with Crippen LogP contribution < -0.4 is 15.5 Å². The number of carbonyl (C=O) groups is 2. The molecule has 0 radical (unpaired) electrons. The highest BCUT2D eigenvalue weighted by Crippen LogP contribution is 2.38. The van der Waals surface area contributed by atoms with Gasteiger partial charge < -0.3 is 15.5 Å². The van der Waals surface area contributed by atoms with Crippen LogP contribution in [0.4, 0.5) is 5.69 Å². The number of rotatable bonds is 7. The van der Waals surface area contributed by atoms with Crippen molar-refractivity contribution in [3.05, 3.63) is 29.8 Å². The lowest BCUT2D eigenvalue weighted by atomic mass is 9.81. The molecule has 1 aromatic carbocycles. The molecule has 5 heteroatoms. The van der Waals surface area contributed by atoms with Gasteiger partial charge in [0.05, 0.1) is 0 Å². The normalized spacial score (nSPS) is 28.5. The number of benzene rings is 1. The van der Waals surface area contributed by atoms with Crippen LogP contribution in [-0.4, -0.2) is 38.0 Å². The number of carbonyl (C=O) groups excluding carboxylic acids is 2. The number of para-hydroxylation sites is 1. The van der Waals surface area contributed by atoms with Gasteiger partial charge in [0.1, 0.15) is 0 Å². The molecule has 0 bridgehead atoms. The molecule has 2 saturated carbocycles. The average Bonchev–Trinajstić information content (AvgIpc) is 3.32. The quantitative estimate of drug-likeness (QED) is 0.761. The van der Waals surface area contributed by atoms with Crippen LogP contribution in [0.1, 0.15) is 44.6 Å². The Balaban J connectivity index is 1.12. The summed E-state index contributed by atoms with van der Waals surface area (Å²) in [5, 5.41) is 6.27. The van der Waals surface area contributed by atoms with Crippen LogP contribution in [0.5, 0.6) is 0 Å². The molecule has 0 saturated heterocycles. The monoisotopic (exact) mass is 383 g/mol. The molecule has 28 heavy (non-hydrogen) atoms. The van der Waals surface area contributed by atoms with Gasteiger partial charge in [-0.25, -0.2) is 0 Å². The molecule has 152 valence electrons. The minimum absolute atomic E-state index is 0.140. The van der Waals surface area contributed by atoms with E-state index in [0.29, 0.717) is 18.4 Å². The van der Waals surface area contributed by atoms with Gasteiger partial charge in [-0.15, -0.1) is 0 Å². The minimum atomic E-state index is 0.140. The Morgan fingerprint density at radius 3 is 2.57 bits per heavy atom. The number of hydrogen-bond acceptors (Lipinski definition) is 3.